The van der Waals surface area contributed by atoms with Crippen molar-refractivity contribution in [2.45, 2.75) is 13.8 Å². The molecule has 0 radical (unpaired) electrons. The van der Waals surface area contributed by atoms with Gasteiger partial charge in [0.25, 0.3) is 0 Å². The molecule has 0 atom stereocenters. The summed E-state index contributed by atoms with van der Waals surface area (Å²) in [5, 5.41) is 5.50. The standard InChI is InChI=1S/C3H6O.FHO/c1-3(2)4;1-2/h1-2H3;2H. The number of hydrogen-bond acceptors (Lipinski definition) is 2. The smallest absolute Gasteiger partial charge is 0.126 e. The van der Waals surface area contributed by atoms with Gasteiger partial charge in [0.2, 0.25) is 0 Å². The fraction of sp³-hybridized carbons (Fsp3) is 0.667. The minimum Gasteiger partial charge on any atom is -0.300 e. The second kappa shape index (κ2) is 8.82. The Balaban J connectivity index is 0. The van der Waals surface area contributed by atoms with Gasteiger partial charge in [0.1, 0.15) is 5.78 Å². The number of Topliss-reactive ketones (excluding diaryl/α,β-unsaturated/α-hetero) is 1. The van der Waals surface area contributed by atoms with E-state index in [0.29, 0.717) is 0 Å². The zero-order valence-electron chi connectivity index (χ0n) is 3.73. The van der Waals surface area contributed by atoms with E-state index in [1.165, 1.54) is 13.8 Å². The Bertz CT molecular complexity index is 31.8. The molecule has 0 aliphatic rings. The third-order valence-corrected chi connectivity index (χ3v) is 0. The Labute approximate surface area is 35.5 Å². The van der Waals surface area contributed by atoms with Crippen molar-refractivity contribution < 1.29 is 14.6 Å². The quantitative estimate of drug-likeness (QED) is 0.473. The fourth-order valence-corrected chi connectivity index (χ4v) is 0. The Morgan fingerprint density at radius 1 is 1.50 bits per heavy atom. The van der Waals surface area contributed by atoms with Crippen LogP contribution in [-0.4, -0.2) is 11.1 Å². The molecule has 6 heavy (non-hydrogen) atoms. The Kier molecular flexibility index (Phi) is 13.4. The summed E-state index contributed by atoms with van der Waals surface area (Å²) < 4.78 is 8.50. The molecule has 0 rings (SSSR count). The monoisotopic (exact) mass is 94.0 g/mol. The molecule has 0 heterocycles. The number of halogens is 1. The summed E-state index contributed by atoms with van der Waals surface area (Å²) in [6, 6.07) is 0. The molecule has 1 N–H and O–H groups in total. The van der Waals surface area contributed by atoms with Crippen molar-refractivity contribution in [2.75, 3.05) is 0 Å². The molecule has 0 saturated carbocycles. The summed E-state index contributed by atoms with van der Waals surface area (Å²) in [5.41, 5.74) is 0. The van der Waals surface area contributed by atoms with Crippen molar-refractivity contribution in [3.63, 3.8) is 0 Å². The Morgan fingerprint density at radius 3 is 1.50 bits per heavy atom. The second-order valence-corrected chi connectivity index (χ2v) is 0.908. The Morgan fingerprint density at radius 2 is 1.50 bits per heavy atom. The zero-order chi connectivity index (χ0) is 5.58. The highest BCUT2D eigenvalue weighted by atomic mass is 19.3. The molecule has 2 nitrogen and oxygen atoms in total. The first-order valence-electron chi connectivity index (χ1n) is 1.37. The van der Waals surface area contributed by atoms with E-state index >= 15 is 0 Å². The van der Waals surface area contributed by atoms with Crippen LogP contribution in [0.25, 0.3) is 0 Å². The molecule has 0 amide bonds. The molecule has 0 aromatic heterocycles. The van der Waals surface area contributed by atoms with E-state index in [1.807, 2.05) is 0 Å². The molecule has 0 aromatic carbocycles. The topological polar surface area (TPSA) is 37.3 Å². The highest BCUT2D eigenvalue weighted by molar-refractivity contribution is 5.72. The summed E-state index contributed by atoms with van der Waals surface area (Å²) in [6.07, 6.45) is 0. The third kappa shape index (κ3) is 121. The predicted octanol–water partition coefficient (Wildman–Crippen LogP) is 0.458. The first kappa shape index (κ1) is 9.12. The van der Waals surface area contributed by atoms with Crippen LogP contribution in [-0.2, 0) is 4.79 Å². The summed E-state index contributed by atoms with van der Waals surface area (Å²) in [7, 11) is 0. The van der Waals surface area contributed by atoms with Crippen molar-refractivity contribution in [1.82, 2.24) is 0 Å². The van der Waals surface area contributed by atoms with Crippen LogP contribution in [0.15, 0.2) is 0 Å². The second-order valence-electron chi connectivity index (χ2n) is 0.908. The normalized spacial score (nSPS) is 5.33. The number of ketones is 1. The molecule has 0 bridgehead atoms. The average molecular weight is 94.1 g/mol. The molecule has 0 aromatic rings. The van der Waals surface area contributed by atoms with Crippen LogP contribution >= 0.6 is 0 Å². The van der Waals surface area contributed by atoms with E-state index in [0.717, 1.165) is 0 Å². The average Bonchev–Trinajstić information content (AvgIpc) is 1.41. The maximum Gasteiger partial charge on any atom is 0.126 e. The third-order valence-electron chi connectivity index (χ3n) is 0. The Hall–Kier alpha value is -0.440. The highest BCUT2D eigenvalue weighted by Crippen LogP contribution is 1.50. The summed E-state index contributed by atoms with van der Waals surface area (Å²) in [6.45, 7) is 3.06. The van der Waals surface area contributed by atoms with E-state index in [2.05, 4.69) is 0 Å². The fourth-order valence-electron chi connectivity index (χ4n) is 0. The summed E-state index contributed by atoms with van der Waals surface area (Å²) >= 11 is 0. The van der Waals surface area contributed by atoms with Crippen molar-refractivity contribution in [3.8, 4) is 0 Å². The molecule has 0 aliphatic carbocycles. The van der Waals surface area contributed by atoms with E-state index in [9.17, 15) is 4.79 Å². The number of carbonyl (C=O) groups excluding carboxylic acids is 1. The van der Waals surface area contributed by atoms with E-state index in [4.69, 9.17) is 9.84 Å². The van der Waals surface area contributed by atoms with Crippen LogP contribution in [0, 0.1) is 0 Å². The molecule has 38 valence electrons. The zero-order valence-corrected chi connectivity index (χ0v) is 3.73. The maximum absolute atomic E-state index is 9.44. The van der Waals surface area contributed by atoms with Gasteiger partial charge in [-0.05, 0) is 13.8 Å². The van der Waals surface area contributed by atoms with Crippen LogP contribution in [0.2, 0.25) is 0 Å². The molecule has 3 heteroatoms. The van der Waals surface area contributed by atoms with E-state index in [1.54, 1.807) is 0 Å². The molecule has 0 spiro atoms. The number of rotatable bonds is 0. The van der Waals surface area contributed by atoms with E-state index < -0.39 is 0 Å². The van der Waals surface area contributed by atoms with Gasteiger partial charge in [-0.25, -0.2) is 5.31 Å². The summed E-state index contributed by atoms with van der Waals surface area (Å²) in [4.78, 5) is 9.44. The van der Waals surface area contributed by atoms with Gasteiger partial charge in [-0.1, -0.05) is 4.53 Å². The molecule has 0 unspecified atom stereocenters. The van der Waals surface area contributed by atoms with Crippen molar-refractivity contribution in [1.29, 1.82) is 0 Å². The summed E-state index contributed by atoms with van der Waals surface area (Å²) in [5.74, 6) is 0.167. The predicted molar refractivity (Wildman–Crippen MR) is 19.7 cm³/mol. The lowest BCUT2D eigenvalue weighted by atomic mass is 10.6. The molecule has 0 saturated heterocycles. The van der Waals surface area contributed by atoms with Crippen LogP contribution in [0.5, 0.6) is 0 Å². The van der Waals surface area contributed by atoms with Gasteiger partial charge in [-0.15, -0.1) is 0 Å². The lowest BCUT2D eigenvalue weighted by molar-refractivity contribution is -0.114. The van der Waals surface area contributed by atoms with Gasteiger partial charge in [0, 0.05) is 0 Å². The van der Waals surface area contributed by atoms with Gasteiger partial charge in [-0.3, -0.25) is 0 Å². The minimum absolute atomic E-state index is 0.167. The van der Waals surface area contributed by atoms with Crippen molar-refractivity contribution in [3.05, 3.63) is 0 Å². The molecular formula is C3H7FO2. The van der Waals surface area contributed by atoms with Gasteiger partial charge in [0.05, 0.1) is 0 Å². The highest BCUT2D eigenvalue weighted by Gasteiger charge is 1.62. The lowest BCUT2D eigenvalue weighted by Crippen LogP contribution is -1.69. The van der Waals surface area contributed by atoms with E-state index in [-0.39, 0.29) is 5.78 Å². The van der Waals surface area contributed by atoms with Crippen LogP contribution in [0.1, 0.15) is 13.8 Å². The molecule has 0 aliphatic heterocycles. The first-order valence-corrected chi connectivity index (χ1v) is 1.37. The largest absolute Gasteiger partial charge is 0.300 e. The molecule has 0 fully saturated rings. The minimum atomic E-state index is 0.167. The maximum atomic E-state index is 9.44. The van der Waals surface area contributed by atoms with Gasteiger partial charge in [-0.2, -0.15) is 0 Å². The molecular weight excluding hydrogens is 87.0 g/mol. The van der Waals surface area contributed by atoms with Crippen molar-refractivity contribution in [2.24, 2.45) is 0 Å². The number of hydrogen-bond donors (Lipinski definition) is 1. The van der Waals surface area contributed by atoms with Gasteiger partial charge >= 0.3 is 0 Å². The van der Waals surface area contributed by atoms with Crippen LogP contribution in [0.3, 0.4) is 0 Å². The van der Waals surface area contributed by atoms with Crippen LogP contribution in [0.4, 0.5) is 4.53 Å². The van der Waals surface area contributed by atoms with Gasteiger partial charge < -0.3 is 4.79 Å². The van der Waals surface area contributed by atoms with Gasteiger partial charge in [0.15, 0.2) is 0 Å². The SMILES string of the molecule is CC(C)=O.OF. The van der Waals surface area contributed by atoms with Crippen molar-refractivity contribution >= 4 is 5.78 Å². The lowest BCUT2D eigenvalue weighted by Gasteiger charge is -1.56. The number of carbonyl (C=O) groups is 1. The van der Waals surface area contributed by atoms with Crippen LogP contribution < -0.4 is 0 Å². The first-order chi connectivity index (χ1) is 2.73.